The van der Waals surface area contributed by atoms with E-state index in [4.69, 9.17) is 4.74 Å². The maximum Gasteiger partial charge on any atom is 0.253 e. The van der Waals surface area contributed by atoms with Crippen LogP contribution in [0.4, 0.5) is 0 Å². The van der Waals surface area contributed by atoms with Gasteiger partial charge in [0.15, 0.2) is 0 Å². The van der Waals surface area contributed by atoms with Crippen LogP contribution in [0.15, 0.2) is 35.2 Å². The van der Waals surface area contributed by atoms with Crippen molar-refractivity contribution in [3.63, 3.8) is 0 Å². The minimum absolute atomic E-state index is 0.0198. The molecule has 0 bridgehead atoms. The number of amides is 1. The van der Waals surface area contributed by atoms with Crippen LogP contribution in [0.3, 0.4) is 0 Å². The van der Waals surface area contributed by atoms with Crippen molar-refractivity contribution in [2.45, 2.75) is 32.5 Å². The van der Waals surface area contributed by atoms with Gasteiger partial charge in [0.25, 0.3) is 5.91 Å². The molecule has 0 aliphatic carbocycles. The SMILES string of the molecule is CC(O)C1CCCN(C(=O)c2ccc(OCc3cscn3)cc2)C1. The Balaban J connectivity index is 1.59. The van der Waals surface area contributed by atoms with Crippen molar-refractivity contribution in [2.24, 2.45) is 5.92 Å². The number of nitrogens with zero attached hydrogens (tertiary/aromatic N) is 2. The average molecular weight is 346 g/mol. The number of carbonyl (C=O) groups excluding carboxylic acids is 1. The maximum atomic E-state index is 12.6. The fourth-order valence-corrected chi connectivity index (χ4v) is 3.47. The lowest BCUT2D eigenvalue weighted by molar-refractivity contribution is 0.0466. The Morgan fingerprint density at radius 3 is 2.92 bits per heavy atom. The number of piperidine rings is 1. The molecular formula is C18H22N2O3S. The summed E-state index contributed by atoms with van der Waals surface area (Å²) in [4.78, 5) is 18.6. The standard InChI is InChI=1S/C18H22N2O3S/c1-13(21)15-3-2-8-20(9-15)18(22)14-4-6-17(7-5-14)23-10-16-11-24-12-19-16/h4-7,11-13,15,21H,2-3,8-10H2,1H3. The van der Waals surface area contributed by atoms with E-state index in [1.165, 1.54) is 11.3 Å². The van der Waals surface area contributed by atoms with Crippen LogP contribution in [0.25, 0.3) is 0 Å². The first-order chi connectivity index (χ1) is 11.6. The fourth-order valence-electron chi connectivity index (χ4n) is 2.93. The van der Waals surface area contributed by atoms with Crippen molar-refractivity contribution >= 4 is 17.2 Å². The molecule has 1 aliphatic heterocycles. The molecule has 2 heterocycles. The normalized spacial score (nSPS) is 19.1. The summed E-state index contributed by atoms with van der Waals surface area (Å²) in [6, 6.07) is 7.22. The van der Waals surface area contributed by atoms with Crippen molar-refractivity contribution in [3.05, 3.63) is 46.4 Å². The number of carbonyl (C=O) groups is 1. The van der Waals surface area contributed by atoms with Gasteiger partial charge in [0.1, 0.15) is 12.4 Å². The molecule has 3 rings (SSSR count). The van der Waals surface area contributed by atoms with Crippen LogP contribution in [0.2, 0.25) is 0 Å². The number of hydrogen-bond donors (Lipinski definition) is 1. The van der Waals surface area contributed by atoms with Crippen molar-refractivity contribution in [3.8, 4) is 5.75 Å². The third-order valence-corrected chi connectivity index (χ3v) is 5.03. The van der Waals surface area contributed by atoms with Gasteiger partial charge in [0.05, 0.1) is 17.3 Å². The van der Waals surface area contributed by atoms with E-state index in [1.807, 2.05) is 22.4 Å². The zero-order chi connectivity index (χ0) is 16.9. The number of aliphatic hydroxyl groups excluding tert-OH is 1. The molecule has 1 fully saturated rings. The Kier molecular flexibility index (Phi) is 5.48. The number of ether oxygens (including phenoxy) is 1. The molecule has 1 aliphatic rings. The molecule has 1 N–H and O–H groups in total. The van der Waals surface area contributed by atoms with E-state index in [0.29, 0.717) is 18.7 Å². The van der Waals surface area contributed by atoms with Crippen LogP contribution in [0, 0.1) is 5.92 Å². The molecule has 6 heteroatoms. The van der Waals surface area contributed by atoms with Crippen LogP contribution in [-0.2, 0) is 6.61 Å². The number of thiazole rings is 1. The molecule has 1 saturated heterocycles. The molecule has 1 amide bonds. The first kappa shape index (κ1) is 16.9. The lowest BCUT2D eigenvalue weighted by Gasteiger charge is -2.34. The average Bonchev–Trinajstić information content (AvgIpc) is 3.13. The van der Waals surface area contributed by atoms with Crippen molar-refractivity contribution in [1.82, 2.24) is 9.88 Å². The number of likely N-dealkylation sites (tertiary alicyclic amines) is 1. The van der Waals surface area contributed by atoms with Crippen molar-refractivity contribution in [1.29, 1.82) is 0 Å². The van der Waals surface area contributed by atoms with Crippen LogP contribution in [0.1, 0.15) is 35.8 Å². The molecule has 0 saturated carbocycles. The number of rotatable bonds is 5. The molecule has 2 aromatic rings. The molecule has 0 spiro atoms. The van der Waals surface area contributed by atoms with Gasteiger partial charge < -0.3 is 14.7 Å². The van der Waals surface area contributed by atoms with Gasteiger partial charge in [0, 0.05) is 30.0 Å². The zero-order valence-corrected chi connectivity index (χ0v) is 14.5. The van der Waals surface area contributed by atoms with Gasteiger partial charge in [-0.15, -0.1) is 11.3 Å². The Labute approximate surface area is 145 Å². The van der Waals surface area contributed by atoms with Gasteiger partial charge in [-0.25, -0.2) is 4.98 Å². The Morgan fingerprint density at radius 1 is 1.46 bits per heavy atom. The largest absolute Gasteiger partial charge is 0.487 e. The first-order valence-electron chi connectivity index (χ1n) is 8.21. The van der Waals surface area contributed by atoms with Gasteiger partial charge in [-0.05, 0) is 44.0 Å². The quantitative estimate of drug-likeness (QED) is 0.904. The highest BCUT2D eigenvalue weighted by Gasteiger charge is 2.26. The molecule has 5 nitrogen and oxygen atoms in total. The van der Waals surface area contributed by atoms with Gasteiger partial charge >= 0.3 is 0 Å². The molecule has 2 unspecified atom stereocenters. The summed E-state index contributed by atoms with van der Waals surface area (Å²) in [6.45, 7) is 3.61. The molecule has 0 radical (unpaired) electrons. The summed E-state index contributed by atoms with van der Waals surface area (Å²) in [5.41, 5.74) is 3.33. The van der Waals surface area contributed by atoms with Crippen molar-refractivity contribution in [2.75, 3.05) is 13.1 Å². The van der Waals surface area contributed by atoms with E-state index in [9.17, 15) is 9.90 Å². The maximum absolute atomic E-state index is 12.6. The van der Waals surface area contributed by atoms with E-state index in [2.05, 4.69) is 4.98 Å². The second-order valence-electron chi connectivity index (χ2n) is 6.19. The minimum Gasteiger partial charge on any atom is -0.487 e. The molecular weight excluding hydrogens is 324 g/mol. The summed E-state index contributed by atoms with van der Waals surface area (Å²) >= 11 is 1.54. The van der Waals surface area contributed by atoms with Gasteiger partial charge in [-0.3, -0.25) is 4.79 Å². The van der Waals surface area contributed by atoms with Crippen LogP contribution < -0.4 is 4.74 Å². The van der Waals surface area contributed by atoms with E-state index in [0.717, 1.165) is 30.8 Å². The lowest BCUT2D eigenvalue weighted by Crippen LogP contribution is -2.42. The highest BCUT2D eigenvalue weighted by atomic mass is 32.1. The summed E-state index contributed by atoms with van der Waals surface area (Å²) < 4.78 is 5.67. The third-order valence-electron chi connectivity index (χ3n) is 4.40. The summed E-state index contributed by atoms with van der Waals surface area (Å²) in [5, 5.41) is 11.7. The smallest absolute Gasteiger partial charge is 0.253 e. The number of aromatic nitrogens is 1. The Hall–Kier alpha value is -1.92. The highest BCUT2D eigenvalue weighted by Crippen LogP contribution is 2.22. The predicted molar refractivity (Wildman–Crippen MR) is 93.2 cm³/mol. The van der Waals surface area contributed by atoms with Gasteiger partial charge in [0.2, 0.25) is 0 Å². The van der Waals surface area contributed by atoms with Crippen LogP contribution >= 0.6 is 11.3 Å². The first-order valence-corrected chi connectivity index (χ1v) is 9.15. The molecule has 1 aromatic carbocycles. The minimum atomic E-state index is -0.373. The van der Waals surface area contributed by atoms with Crippen LogP contribution in [0.5, 0.6) is 5.75 Å². The predicted octanol–water partition coefficient (Wildman–Crippen LogP) is 2.96. The number of hydrogen-bond acceptors (Lipinski definition) is 5. The summed E-state index contributed by atoms with van der Waals surface area (Å²) in [5.74, 6) is 0.912. The Morgan fingerprint density at radius 2 is 2.25 bits per heavy atom. The topological polar surface area (TPSA) is 62.7 Å². The third kappa shape index (κ3) is 4.13. The monoisotopic (exact) mass is 346 g/mol. The van der Waals surface area contributed by atoms with E-state index in [1.54, 1.807) is 24.6 Å². The summed E-state index contributed by atoms with van der Waals surface area (Å²) in [7, 11) is 0. The zero-order valence-electron chi connectivity index (χ0n) is 13.7. The van der Waals surface area contributed by atoms with Gasteiger partial charge in [-0.2, -0.15) is 0 Å². The van der Waals surface area contributed by atoms with E-state index >= 15 is 0 Å². The lowest BCUT2D eigenvalue weighted by atomic mass is 9.93. The van der Waals surface area contributed by atoms with E-state index in [-0.39, 0.29) is 17.9 Å². The van der Waals surface area contributed by atoms with Gasteiger partial charge in [-0.1, -0.05) is 0 Å². The van der Waals surface area contributed by atoms with Crippen molar-refractivity contribution < 1.29 is 14.6 Å². The number of aliphatic hydroxyl groups is 1. The Bertz CT molecular complexity index is 655. The molecule has 128 valence electrons. The summed E-state index contributed by atoms with van der Waals surface area (Å²) in [6.07, 6.45) is 1.54. The fraction of sp³-hybridized carbons (Fsp3) is 0.444. The highest BCUT2D eigenvalue weighted by molar-refractivity contribution is 7.07. The molecule has 24 heavy (non-hydrogen) atoms. The molecule has 2 atom stereocenters. The second-order valence-corrected chi connectivity index (χ2v) is 6.91. The molecule has 1 aromatic heterocycles. The number of benzene rings is 1. The van der Waals surface area contributed by atoms with E-state index < -0.39 is 0 Å². The second kappa shape index (κ2) is 7.77. The van der Waals surface area contributed by atoms with Crippen LogP contribution in [-0.4, -0.2) is 40.1 Å².